The summed E-state index contributed by atoms with van der Waals surface area (Å²) in [5.41, 5.74) is 0. The summed E-state index contributed by atoms with van der Waals surface area (Å²) in [5.74, 6) is -7.13. The van der Waals surface area contributed by atoms with Gasteiger partial charge in [-0.25, -0.2) is 9.89 Å². The van der Waals surface area contributed by atoms with Crippen molar-refractivity contribution in [3.8, 4) is 0 Å². The van der Waals surface area contributed by atoms with E-state index in [4.69, 9.17) is 0 Å². The minimum atomic E-state index is -5.62. The normalized spacial score (nSPS) is 13.5. The third-order valence-corrected chi connectivity index (χ3v) is 1.36. The van der Waals surface area contributed by atoms with Crippen molar-refractivity contribution in [2.24, 2.45) is 0 Å². The predicted molar refractivity (Wildman–Crippen MR) is 32.0 cm³/mol. The van der Waals surface area contributed by atoms with Crippen molar-refractivity contribution in [2.45, 2.75) is 18.3 Å². The van der Waals surface area contributed by atoms with Crippen LogP contribution in [0.25, 0.3) is 0 Å². The topological polar surface area (TPSA) is 58.9 Å². The molecule has 0 unspecified atom stereocenters. The molecule has 0 aliphatic rings. The van der Waals surface area contributed by atoms with Gasteiger partial charge < -0.3 is 4.42 Å². The van der Waals surface area contributed by atoms with Gasteiger partial charge >= 0.3 is 18.1 Å². The van der Waals surface area contributed by atoms with Gasteiger partial charge in [0.2, 0.25) is 11.8 Å². The minimum Gasteiger partial charge on any atom is -0.391 e. The Bertz CT molecular complexity index is 373. The monoisotopic (exact) mass is 236 g/mol. The summed E-state index contributed by atoms with van der Waals surface area (Å²) in [6.45, 7) is 0. The highest BCUT2D eigenvalue weighted by Gasteiger charge is 2.60. The van der Waals surface area contributed by atoms with Crippen molar-refractivity contribution < 1.29 is 30.8 Å². The molecule has 10 heteroatoms. The number of nitrogens with one attached hydrogen (secondary N) is 1. The number of hydrogen-bond donors (Lipinski definition) is 1. The van der Waals surface area contributed by atoms with E-state index in [0.29, 0.717) is 0 Å². The first-order valence-electron chi connectivity index (χ1n) is 3.31. The van der Waals surface area contributed by atoms with E-state index in [2.05, 4.69) is 9.52 Å². The van der Waals surface area contributed by atoms with Crippen molar-refractivity contribution in [1.82, 2.24) is 10.2 Å². The number of alkyl halides is 6. The van der Waals surface area contributed by atoms with Gasteiger partial charge in [-0.1, -0.05) is 0 Å². The van der Waals surface area contributed by atoms with E-state index in [0.717, 1.165) is 0 Å². The molecule has 1 aromatic heterocycles. The first-order chi connectivity index (χ1) is 6.62. The highest BCUT2D eigenvalue weighted by atomic mass is 19.4. The fourth-order valence-electron chi connectivity index (χ4n) is 0.830. The Morgan fingerprint density at radius 1 is 1.13 bits per heavy atom. The Balaban J connectivity index is 3.19. The van der Waals surface area contributed by atoms with Crippen LogP contribution in [0, 0.1) is 0 Å². The van der Waals surface area contributed by atoms with Crippen LogP contribution in [0.5, 0.6) is 0 Å². The zero-order valence-corrected chi connectivity index (χ0v) is 6.61. The number of H-pyrrole nitrogens is 1. The lowest BCUT2D eigenvalue weighted by molar-refractivity contribution is -0.258. The van der Waals surface area contributed by atoms with Gasteiger partial charge in [0.1, 0.15) is 0 Å². The summed E-state index contributed by atoms with van der Waals surface area (Å²) in [7, 11) is 0. The van der Waals surface area contributed by atoms with Gasteiger partial charge in [0.25, 0.3) is 0 Å². The first kappa shape index (κ1) is 11.6. The van der Waals surface area contributed by atoms with Crippen LogP contribution < -0.4 is 5.76 Å². The molecule has 0 amide bonds. The van der Waals surface area contributed by atoms with Crippen LogP contribution in [0.1, 0.15) is 11.8 Å². The van der Waals surface area contributed by atoms with Crippen molar-refractivity contribution in [3.05, 3.63) is 16.4 Å². The number of aromatic amines is 1. The van der Waals surface area contributed by atoms with Crippen LogP contribution in [-0.4, -0.2) is 22.5 Å². The maximum Gasteiger partial charge on any atom is 0.434 e. The molecule has 0 saturated heterocycles. The molecule has 0 radical (unpaired) electrons. The average Bonchev–Trinajstić information content (AvgIpc) is 2.28. The average molecular weight is 236 g/mol. The molecule has 1 heterocycles. The first-order valence-corrected chi connectivity index (χ1v) is 3.31. The molecule has 0 saturated carbocycles. The van der Waals surface area contributed by atoms with Gasteiger partial charge in [0.05, 0.1) is 0 Å². The Morgan fingerprint density at radius 3 is 1.87 bits per heavy atom. The van der Waals surface area contributed by atoms with Crippen LogP contribution in [0.2, 0.25) is 0 Å². The van der Waals surface area contributed by atoms with E-state index in [-0.39, 0.29) is 0 Å². The second-order valence-corrected chi connectivity index (χ2v) is 2.47. The number of halogens is 6. The summed E-state index contributed by atoms with van der Waals surface area (Å²) in [4.78, 5) is 10.2. The molecule has 1 N–H and O–H groups in total. The van der Waals surface area contributed by atoms with Crippen LogP contribution >= 0.6 is 0 Å². The molecule has 0 aliphatic heterocycles. The molecular formula is C5H2F6N2O2. The highest BCUT2D eigenvalue weighted by molar-refractivity contribution is 4.98. The summed E-state index contributed by atoms with van der Waals surface area (Å²) in [6.07, 6.45) is -11.2. The smallest absolute Gasteiger partial charge is 0.391 e. The number of hydrogen-bond acceptors (Lipinski definition) is 3. The van der Waals surface area contributed by atoms with Crippen molar-refractivity contribution in [3.63, 3.8) is 0 Å². The van der Waals surface area contributed by atoms with Crippen molar-refractivity contribution in [2.75, 3.05) is 0 Å². The Hall–Kier alpha value is -1.48. The van der Waals surface area contributed by atoms with Crippen LogP contribution in [0.15, 0.2) is 9.21 Å². The van der Waals surface area contributed by atoms with Gasteiger partial charge in [0, 0.05) is 0 Å². The van der Waals surface area contributed by atoms with Gasteiger partial charge in [-0.3, -0.25) is 0 Å². The molecule has 0 spiro atoms. The Labute approximate surface area is 76.9 Å². The maximum absolute atomic E-state index is 12.0. The molecule has 1 aromatic rings. The quantitative estimate of drug-likeness (QED) is 0.753. The summed E-state index contributed by atoms with van der Waals surface area (Å²) in [6, 6.07) is 0. The predicted octanol–water partition coefficient (Wildman–Crippen LogP) is 1.57. The summed E-state index contributed by atoms with van der Waals surface area (Å²) < 4.78 is 75.5. The molecule has 0 atom stereocenters. The van der Waals surface area contributed by atoms with Crippen LogP contribution in [0.3, 0.4) is 0 Å². The molecule has 0 fully saturated rings. The lowest BCUT2D eigenvalue weighted by Crippen LogP contribution is -2.34. The van der Waals surface area contributed by atoms with Gasteiger partial charge in [-0.05, 0) is 0 Å². The molecule has 0 aliphatic carbocycles. The van der Waals surface area contributed by atoms with E-state index in [1.807, 2.05) is 0 Å². The van der Waals surface area contributed by atoms with E-state index in [1.54, 1.807) is 0 Å². The Morgan fingerprint density at radius 2 is 1.60 bits per heavy atom. The van der Waals surface area contributed by atoms with Crippen LogP contribution in [0.4, 0.5) is 26.3 Å². The van der Waals surface area contributed by atoms with E-state index >= 15 is 0 Å². The van der Waals surface area contributed by atoms with E-state index in [9.17, 15) is 31.1 Å². The zero-order chi connectivity index (χ0) is 11.9. The summed E-state index contributed by atoms with van der Waals surface area (Å²) in [5, 5.41) is 3.83. The minimum absolute atomic E-state index is 1.32. The van der Waals surface area contributed by atoms with Crippen molar-refractivity contribution in [1.29, 1.82) is 0 Å². The number of aromatic nitrogens is 2. The van der Waals surface area contributed by atoms with E-state index in [1.165, 1.54) is 5.10 Å². The summed E-state index contributed by atoms with van der Waals surface area (Å²) >= 11 is 0. The SMILES string of the molecule is O=c1[nH]nc(C(C(F)(F)F)C(F)(F)F)o1. The zero-order valence-electron chi connectivity index (χ0n) is 6.61. The molecule has 0 bridgehead atoms. The van der Waals surface area contributed by atoms with Crippen molar-refractivity contribution >= 4 is 0 Å². The molecule has 86 valence electrons. The number of rotatable bonds is 1. The lowest BCUT2D eigenvalue weighted by atomic mass is 10.1. The third kappa shape index (κ3) is 2.50. The highest BCUT2D eigenvalue weighted by Crippen LogP contribution is 2.45. The fraction of sp³-hybridized carbons (Fsp3) is 0.600. The van der Waals surface area contributed by atoms with Gasteiger partial charge in [-0.2, -0.15) is 26.3 Å². The van der Waals surface area contributed by atoms with Gasteiger partial charge in [0.15, 0.2) is 0 Å². The van der Waals surface area contributed by atoms with Gasteiger partial charge in [-0.15, -0.1) is 5.10 Å². The molecular weight excluding hydrogens is 234 g/mol. The Kier molecular flexibility index (Phi) is 2.53. The lowest BCUT2D eigenvalue weighted by Gasteiger charge is -2.18. The fourth-order valence-corrected chi connectivity index (χ4v) is 0.830. The van der Waals surface area contributed by atoms with Crippen LogP contribution in [-0.2, 0) is 0 Å². The third-order valence-electron chi connectivity index (χ3n) is 1.36. The standard InChI is InChI=1S/C5H2F6N2O2/c6-4(7,8)1(5(9,10)11)2-12-13-3(14)15-2/h1H,(H,13,14). The molecule has 15 heavy (non-hydrogen) atoms. The van der Waals surface area contributed by atoms with E-state index < -0.39 is 29.9 Å². The molecule has 1 rings (SSSR count). The second kappa shape index (κ2) is 3.28. The maximum atomic E-state index is 12.0. The molecule has 4 nitrogen and oxygen atoms in total. The molecule has 0 aromatic carbocycles. The largest absolute Gasteiger partial charge is 0.434 e. The second-order valence-electron chi connectivity index (χ2n) is 2.47. The number of nitrogens with zero attached hydrogens (tertiary/aromatic N) is 1.